The summed E-state index contributed by atoms with van der Waals surface area (Å²) in [7, 11) is 0. The highest BCUT2D eigenvalue weighted by Crippen LogP contribution is 2.35. The van der Waals surface area contributed by atoms with E-state index in [2.05, 4.69) is 17.5 Å². The van der Waals surface area contributed by atoms with Crippen LogP contribution in [0.4, 0.5) is 0 Å². The van der Waals surface area contributed by atoms with E-state index in [-0.39, 0.29) is 0 Å². The fraction of sp³-hybridized carbons (Fsp3) is 1.00. The van der Waals surface area contributed by atoms with Crippen LogP contribution >= 0.6 is 12.6 Å². The summed E-state index contributed by atoms with van der Waals surface area (Å²) in [5.74, 6) is 2.10. The quantitative estimate of drug-likeness (QED) is 0.557. The molecule has 0 spiro atoms. The molecule has 0 bridgehead atoms. The molecule has 1 saturated carbocycles. The van der Waals surface area contributed by atoms with Crippen molar-refractivity contribution in [3.63, 3.8) is 0 Å². The van der Waals surface area contributed by atoms with E-state index in [9.17, 15) is 0 Å². The van der Waals surface area contributed by atoms with Crippen LogP contribution in [0.2, 0.25) is 0 Å². The van der Waals surface area contributed by atoms with Crippen LogP contribution in [0.5, 0.6) is 0 Å². The summed E-state index contributed by atoms with van der Waals surface area (Å²) in [6.07, 6.45) is 11.6. The van der Waals surface area contributed by atoms with Gasteiger partial charge in [0.15, 0.2) is 0 Å². The number of unbranched alkanes of at least 4 members (excludes halogenated alkanes) is 1. The molecule has 0 aromatic heterocycles. The number of nitrogens with zero attached hydrogens (tertiary/aromatic N) is 1. The molecule has 1 aliphatic heterocycles. The van der Waals surface area contributed by atoms with Gasteiger partial charge in [-0.05, 0) is 63.3 Å². The zero-order valence-corrected chi connectivity index (χ0v) is 10.7. The third-order valence-corrected chi connectivity index (χ3v) is 4.53. The lowest BCUT2D eigenvalue weighted by molar-refractivity contribution is 0.188. The summed E-state index contributed by atoms with van der Waals surface area (Å²) in [6.45, 7) is 2.70. The fourth-order valence-corrected chi connectivity index (χ4v) is 3.66. The SMILES string of the molecule is SCCCCN1CCCC1C1CCCC1. The van der Waals surface area contributed by atoms with E-state index < -0.39 is 0 Å². The average Bonchev–Trinajstić information content (AvgIpc) is 2.87. The Hall–Kier alpha value is 0.310. The van der Waals surface area contributed by atoms with E-state index in [1.807, 2.05) is 0 Å². The van der Waals surface area contributed by atoms with Crippen molar-refractivity contribution in [3.05, 3.63) is 0 Å². The normalized spacial score (nSPS) is 29.0. The summed E-state index contributed by atoms with van der Waals surface area (Å²) in [5, 5.41) is 0. The number of thiol groups is 1. The molecule has 0 radical (unpaired) electrons. The molecule has 1 heterocycles. The van der Waals surface area contributed by atoms with Gasteiger partial charge in [-0.2, -0.15) is 12.6 Å². The molecule has 2 fully saturated rings. The van der Waals surface area contributed by atoms with Crippen LogP contribution in [0.1, 0.15) is 51.4 Å². The first kappa shape index (κ1) is 11.8. The molecule has 0 amide bonds. The summed E-state index contributed by atoms with van der Waals surface area (Å²) in [4.78, 5) is 2.78. The second kappa shape index (κ2) is 6.15. The van der Waals surface area contributed by atoms with Crippen molar-refractivity contribution in [2.45, 2.75) is 57.4 Å². The van der Waals surface area contributed by atoms with Gasteiger partial charge in [-0.3, -0.25) is 0 Å². The van der Waals surface area contributed by atoms with Gasteiger partial charge in [0.05, 0.1) is 0 Å². The molecule has 0 aromatic rings. The smallest absolute Gasteiger partial charge is 0.0124 e. The lowest BCUT2D eigenvalue weighted by Crippen LogP contribution is -2.35. The van der Waals surface area contributed by atoms with Crippen LogP contribution in [0.25, 0.3) is 0 Å². The second-order valence-electron chi connectivity index (χ2n) is 5.22. The van der Waals surface area contributed by atoms with Crippen molar-refractivity contribution in [2.75, 3.05) is 18.8 Å². The highest BCUT2D eigenvalue weighted by Gasteiger charge is 2.32. The minimum atomic E-state index is 0.951. The summed E-state index contributed by atoms with van der Waals surface area (Å²) in [5.41, 5.74) is 0. The van der Waals surface area contributed by atoms with Gasteiger partial charge in [-0.1, -0.05) is 12.8 Å². The van der Waals surface area contributed by atoms with E-state index in [1.54, 1.807) is 0 Å². The first-order chi connectivity index (χ1) is 7.42. The van der Waals surface area contributed by atoms with E-state index >= 15 is 0 Å². The predicted octanol–water partition coefficient (Wildman–Crippen LogP) is 3.35. The molecular formula is C13H25NS. The molecule has 1 aliphatic carbocycles. The van der Waals surface area contributed by atoms with Crippen LogP contribution in [0.15, 0.2) is 0 Å². The van der Waals surface area contributed by atoms with Crippen molar-refractivity contribution < 1.29 is 0 Å². The third-order valence-electron chi connectivity index (χ3n) is 4.21. The van der Waals surface area contributed by atoms with Gasteiger partial charge in [-0.25, -0.2) is 0 Å². The Morgan fingerprint density at radius 2 is 1.80 bits per heavy atom. The first-order valence-corrected chi connectivity index (χ1v) is 7.40. The van der Waals surface area contributed by atoms with Gasteiger partial charge >= 0.3 is 0 Å². The Labute approximate surface area is 100 Å². The van der Waals surface area contributed by atoms with Crippen molar-refractivity contribution in [1.29, 1.82) is 0 Å². The molecule has 1 unspecified atom stereocenters. The number of hydrogen-bond acceptors (Lipinski definition) is 2. The minimum absolute atomic E-state index is 0.951. The maximum absolute atomic E-state index is 4.29. The lowest BCUT2D eigenvalue weighted by atomic mass is 9.96. The number of likely N-dealkylation sites (tertiary alicyclic amines) is 1. The molecule has 1 nitrogen and oxygen atoms in total. The highest BCUT2D eigenvalue weighted by atomic mass is 32.1. The summed E-state index contributed by atoms with van der Waals surface area (Å²) >= 11 is 4.29. The molecule has 2 heteroatoms. The van der Waals surface area contributed by atoms with Crippen LogP contribution in [-0.4, -0.2) is 29.8 Å². The van der Waals surface area contributed by atoms with E-state index in [1.165, 1.54) is 64.5 Å². The second-order valence-corrected chi connectivity index (χ2v) is 5.67. The molecule has 1 saturated heterocycles. The van der Waals surface area contributed by atoms with Gasteiger partial charge in [0.2, 0.25) is 0 Å². The van der Waals surface area contributed by atoms with E-state index in [4.69, 9.17) is 0 Å². The van der Waals surface area contributed by atoms with E-state index in [0.717, 1.165) is 17.7 Å². The fourth-order valence-electron chi connectivity index (χ4n) is 3.43. The minimum Gasteiger partial charge on any atom is -0.300 e. The molecule has 2 rings (SSSR count). The Morgan fingerprint density at radius 3 is 2.53 bits per heavy atom. The topological polar surface area (TPSA) is 3.24 Å². The average molecular weight is 227 g/mol. The third kappa shape index (κ3) is 3.13. The van der Waals surface area contributed by atoms with Gasteiger partial charge in [0.1, 0.15) is 0 Å². The van der Waals surface area contributed by atoms with Crippen molar-refractivity contribution in [2.24, 2.45) is 5.92 Å². The Kier molecular flexibility index (Phi) is 4.83. The van der Waals surface area contributed by atoms with Crippen LogP contribution in [0.3, 0.4) is 0 Å². The molecule has 2 aliphatic rings. The summed E-state index contributed by atoms with van der Waals surface area (Å²) in [6, 6.07) is 0.951. The maximum atomic E-state index is 4.29. The molecule has 15 heavy (non-hydrogen) atoms. The Bertz CT molecular complexity index is 177. The Balaban J connectivity index is 1.76. The largest absolute Gasteiger partial charge is 0.300 e. The molecule has 0 aromatic carbocycles. The highest BCUT2D eigenvalue weighted by molar-refractivity contribution is 7.80. The number of rotatable bonds is 5. The predicted molar refractivity (Wildman–Crippen MR) is 69.6 cm³/mol. The van der Waals surface area contributed by atoms with Crippen LogP contribution in [-0.2, 0) is 0 Å². The van der Waals surface area contributed by atoms with Crippen molar-refractivity contribution >= 4 is 12.6 Å². The lowest BCUT2D eigenvalue weighted by Gasteiger charge is -2.29. The molecule has 88 valence electrons. The van der Waals surface area contributed by atoms with Crippen LogP contribution < -0.4 is 0 Å². The first-order valence-electron chi connectivity index (χ1n) is 6.76. The van der Waals surface area contributed by atoms with Gasteiger partial charge in [0.25, 0.3) is 0 Å². The maximum Gasteiger partial charge on any atom is 0.0124 e. The zero-order valence-electron chi connectivity index (χ0n) is 9.83. The Morgan fingerprint density at radius 1 is 1.00 bits per heavy atom. The summed E-state index contributed by atoms with van der Waals surface area (Å²) < 4.78 is 0. The van der Waals surface area contributed by atoms with Crippen molar-refractivity contribution in [1.82, 2.24) is 4.90 Å². The van der Waals surface area contributed by atoms with Gasteiger partial charge in [-0.15, -0.1) is 0 Å². The molecule has 0 N–H and O–H groups in total. The van der Waals surface area contributed by atoms with Crippen LogP contribution in [0, 0.1) is 5.92 Å². The standard InChI is InChI=1S/C13H25NS/c15-11-4-3-9-14-10-5-8-13(14)12-6-1-2-7-12/h12-13,15H,1-11H2. The van der Waals surface area contributed by atoms with Gasteiger partial charge in [0, 0.05) is 6.04 Å². The van der Waals surface area contributed by atoms with Crippen molar-refractivity contribution in [3.8, 4) is 0 Å². The number of hydrogen-bond donors (Lipinski definition) is 1. The monoisotopic (exact) mass is 227 g/mol. The van der Waals surface area contributed by atoms with Gasteiger partial charge < -0.3 is 4.90 Å². The van der Waals surface area contributed by atoms with E-state index in [0.29, 0.717) is 0 Å². The molecular weight excluding hydrogens is 202 g/mol. The molecule has 1 atom stereocenters. The zero-order chi connectivity index (χ0) is 10.5.